The molecule has 1 fully saturated rings. The average Bonchev–Trinajstić information content (AvgIpc) is 3.04. The number of amides is 3. The Balaban J connectivity index is 1.53. The summed E-state index contributed by atoms with van der Waals surface area (Å²) in [5.41, 5.74) is 2.94. The molecule has 2 aromatic carbocycles. The van der Waals surface area contributed by atoms with E-state index in [-0.39, 0.29) is 18.5 Å². The number of urea groups is 1. The monoisotopic (exact) mass is 333 g/mol. The highest BCUT2D eigenvalue weighted by atomic mass is 16.2. The Morgan fingerprint density at radius 1 is 0.920 bits per heavy atom. The molecule has 1 N–H and O–H groups in total. The molecule has 2 heterocycles. The van der Waals surface area contributed by atoms with Crippen LogP contribution < -0.4 is 0 Å². The van der Waals surface area contributed by atoms with Crippen molar-refractivity contribution < 1.29 is 9.59 Å². The third-order valence-electron chi connectivity index (χ3n) is 4.53. The largest absolute Gasteiger partial charge is 0.357 e. The number of aromatic amines is 1. The van der Waals surface area contributed by atoms with Gasteiger partial charge in [0.1, 0.15) is 0 Å². The standard InChI is InChI=1S/C20H19N3O2/c24-19-10-11-22(13-15-6-2-1-3-7-15)20(25)23(19)14-17-12-16-8-4-5-9-18(16)21-17/h1-9,12,21H,10-11,13-14H2. The van der Waals surface area contributed by atoms with Gasteiger partial charge >= 0.3 is 6.03 Å². The van der Waals surface area contributed by atoms with Gasteiger partial charge in [-0.3, -0.25) is 9.69 Å². The van der Waals surface area contributed by atoms with Crippen LogP contribution in [0.2, 0.25) is 0 Å². The molecule has 1 saturated heterocycles. The van der Waals surface area contributed by atoms with Gasteiger partial charge in [0, 0.05) is 30.7 Å². The first kappa shape index (κ1) is 15.4. The number of benzene rings is 2. The van der Waals surface area contributed by atoms with Crippen molar-refractivity contribution in [3.05, 3.63) is 71.9 Å². The number of fused-ring (bicyclic) bond motifs is 1. The average molecular weight is 333 g/mol. The molecule has 126 valence electrons. The smallest absolute Gasteiger partial charge is 0.327 e. The van der Waals surface area contributed by atoms with Crippen LogP contribution in [0, 0.1) is 0 Å². The summed E-state index contributed by atoms with van der Waals surface area (Å²) in [4.78, 5) is 31.4. The maximum absolute atomic E-state index is 12.8. The van der Waals surface area contributed by atoms with E-state index in [1.54, 1.807) is 4.90 Å². The number of H-pyrrole nitrogens is 1. The van der Waals surface area contributed by atoms with Crippen molar-refractivity contribution in [3.8, 4) is 0 Å². The molecule has 0 aliphatic carbocycles. The molecule has 1 aliphatic heterocycles. The quantitative estimate of drug-likeness (QED) is 0.794. The van der Waals surface area contributed by atoms with Crippen molar-refractivity contribution in [1.29, 1.82) is 0 Å². The fraction of sp³-hybridized carbons (Fsp3) is 0.200. The van der Waals surface area contributed by atoms with E-state index >= 15 is 0 Å². The topological polar surface area (TPSA) is 56.4 Å². The summed E-state index contributed by atoms with van der Waals surface area (Å²) in [6.45, 7) is 1.27. The van der Waals surface area contributed by atoms with Crippen LogP contribution in [0.4, 0.5) is 4.79 Å². The van der Waals surface area contributed by atoms with Gasteiger partial charge in [-0.05, 0) is 23.1 Å². The number of rotatable bonds is 4. The SMILES string of the molecule is O=C1CCN(Cc2ccccc2)C(=O)N1Cc1cc2ccccc2[nH]1. The molecule has 0 atom stereocenters. The minimum Gasteiger partial charge on any atom is -0.357 e. The first-order chi connectivity index (χ1) is 12.2. The lowest BCUT2D eigenvalue weighted by atomic mass is 10.2. The lowest BCUT2D eigenvalue weighted by Crippen LogP contribution is -2.51. The van der Waals surface area contributed by atoms with Crippen molar-refractivity contribution in [1.82, 2.24) is 14.8 Å². The van der Waals surface area contributed by atoms with Crippen LogP contribution in [0.15, 0.2) is 60.7 Å². The van der Waals surface area contributed by atoms with Crippen molar-refractivity contribution in [2.75, 3.05) is 6.54 Å². The summed E-state index contributed by atoms with van der Waals surface area (Å²) in [7, 11) is 0. The molecule has 5 nitrogen and oxygen atoms in total. The predicted molar refractivity (Wildman–Crippen MR) is 95.7 cm³/mol. The van der Waals surface area contributed by atoms with E-state index in [4.69, 9.17) is 0 Å². The van der Waals surface area contributed by atoms with Gasteiger partial charge in [0.15, 0.2) is 0 Å². The molecule has 5 heteroatoms. The fourth-order valence-electron chi connectivity index (χ4n) is 3.23. The maximum atomic E-state index is 12.8. The zero-order valence-corrected chi connectivity index (χ0v) is 13.8. The number of imide groups is 1. The van der Waals surface area contributed by atoms with E-state index in [0.717, 1.165) is 22.2 Å². The Morgan fingerprint density at radius 2 is 1.68 bits per heavy atom. The van der Waals surface area contributed by atoms with E-state index in [2.05, 4.69) is 4.98 Å². The van der Waals surface area contributed by atoms with Gasteiger partial charge < -0.3 is 9.88 Å². The highest BCUT2D eigenvalue weighted by Gasteiger charge is 2.32. The lowest BCUT2D eigenvalue weighted by Gasteiger charge is -2.34. The molecule has 3 aromatic rings. The molecule has 3 amide bonds. The molecule has 0 unspecified atom stereocenters. The number of aromatic nitrogens is 1. The minimum absolute atomic E-state index is 0.118. The first-order valence-electron chi connectivity index (χ1n) is 8.40. The summed E-state index contributed by atoms with van der Waals surface area (Å²) in [6, 6.07) is 19.5. The predicted octanol–water partition coefficient (Wildman–Crippen LogP) is 3.52. The Bertz CT molecular complexity index is 884. The van der Waals surface area contributed by atoms with Crippen LogP contribution in [-0.2, 0) is 17.9 Å². The molecular formula is C20H19N3O2. The van der Waals surface area contributed by atoms with Gasteiger partial charge in [-0.15, -0.1) is 0 Å². The number of carbonyl (C=O) groups is 2. The van der Waals surface area contributed by atoms with Gasteiger partial charge in [0.2, 0.25) is 5.91 Å². The normalized spacial score (nSPS) is 15.2. The number of hydrogen-bond donors (Lipinski definition) is 1. The van der Waals surface area contributed by atoms with Crippen molar-refractivity contribution in [2.24, 2.45) is 0 Å². The summed E-state index contributed by atoms with van der Waals surface area (Å²) in [5.74, 6) is -0.118. The van der Waals surface area contributed by atoms with Crippen LogP contribution in [0.25, 0.3) is 10.9 Å². The Labute approximate surface area is 145 Å². The van der Waals surface area contributed by atoms with E-state index in [1.807, 2.05) is 60.7 Å². The van der Waals surface area contributed by atoms with Gasteiger partial charge in [-0.2, -0.15) is 0 Å². The zero-order valence-electron chi connectivity index (χ0n) is 13.8. The van der Waals surface area contributed by atoms with Gasteiger partial charge in [-0.1, -0.05) is 48.5 Å². The van der Waals surface area contributed by atoms with E-state index in [1.165, 1.54) is 4.90 Å². The first-order valence-corrected chi connectivity index (χ1v) is 8.40. The summed E-state index contributed by atoms with van der Waals surface area (Å²) < 4.78 is 0. The second kappa shape index (κ2) is 6.43. The molecule has 4 rings (SSSR count). The van der Waals surface area contributed by atoms with Crippen molar-refractivity contribution in [2.45, 2.75) is 19.5 Å². The van der Waals surface area contributed by atoms with Crippen molar-refractivity contribution >= 4 is 22.8 Å². The van der Waals surface area contributed by atoms with E-state index in [9.17, 15) is 9.59 Å². The highest BCUT2D eigenvalue weighted by Crippen LogP contribution is 2.20. The van der Waals surface area contributed by atoms with Crippen LogP contribution >= 0.6 is 0 Å². The number of hydrogen-bond acceptors (Lipinski definition) is 2. The molecule has 0 spiro atoms. The molecule has 1 aromatic heterocycles. The van der Waals surface area contributed by atoms with Crippen LogP contribution in [0.3, 0.4) is 0 Å². The number of para-hydroxylation sites is 1. The third-order valence-corrected chi connectivity index (χ3v) is 4.53. The summed E-state index contributed by atoms with van der Waals surface area (Å²) in [6.07, 6.45) is 0.360. The molecule has 0 bridgehead atoms. The Hall–Kier alpha value is -3.08. The van der Waals surface area contributed by atoms with Crippen LogP contribution in [-0.4, -0.2) is 33.3 Å². The zero-order chi connectivity index (χ0) is 17.2. The number of carbonyl (C=O) groups excluding carboxylic acids is 2. The van der Waals surface area contributed by atoms with E-state index < -0.39 is 0 Å². The minimum atomic E-state index is -0.223. The second-order valence-corrected chi connectivity index (χ2v) is 6.30. The second-order valence-electron chi connectivity index (χ2n) is 6.30. The van der Waals surface area contributed by atoms with Crippen LogP contribution in [0.1, 0.15) is 17.7 Å². The lowest BCUT2D eigenvalue weighted by molar-refractivity contribution is -0.131. The Kier molecular flexibility index (Phi) is 3.98. The van der Waals surface area contributed by atoms with Gasteiger partial charge in [0.25, 0.3) is 0 Å². The molecule has 0 saturated carbocycles. The fourth-order valence-corrected chi connectivity index (χ4v) is 3.23. The van der Waals surface area contributed by atoms with E-state index in [0.29, 0.717) is 19.5 Å². The maximum Gasteiger partial charge on any atom is 0.327 e. The third kappa shape index (κ3) is 3.13. The molecule has 0 radical (unpaired) electrons. The van der Waals surface area contributed by atoms with Gasteiger partial charge in [-0.25, -0.2) is 4.79 Å². The number of nitrogens with zero attached hydrogens (tertiary/aromatic N) is 2. The molecular weight excluding hydrogens is 314 g/mol. The molecule has 1 aliphatic rings. The van der Waals surface area contributed by atoms with Crippen LogP contribution in [0.5, 0.6) is 0 Å². The summed E-state index contributed by atoms with van der Waals surface area (Å²) in [5, 5.41) is 1.08. The Morgan fingerprint density at radius 3 is 2.48 bits per heavy atom. The number of nitrogens with one attached hydrogen (secondary N) is 1. The van der Waals surface area contributed by atoms with Crippen molar-refractivity contribution in [3.63, 3.8) is 0 Å². The summed E-state index contributed by atoms with van der Waals surface area (Å²) >= 11 is 0. The molecule has 25 heavy (non-hydrogen) atoms. The van der Waals surface area contributed by atoms with Gasteiger partial charge in [0.05, 0.1) is 6.54 Å². The highest BCUT2D eigenvalue weighted by molar-refractivity contribution is 5.96.